The molecule has 0 aliphatic carbocycles. The lowest BCUT2D eigenvalue weighted by Gasteiger charge is -2.23. The molecule has 22 heavy (non-hydrogen) atoms. The van der Waals surface area contributed by atoms with Gasteiger partial charge < -0.3 is 4.74 Å². The number of sulfonamides is 1. The van der Waals surface area contributed by atoms with E-state index in [4.69, 9.17) is 16.3 Å². The van der Waals surface area contributed by atoms with Gasteiger partial charge in [-0.05, 0) is 43.3 Å². The zero-order valence-electron chi connectivity index (χ0n) is 12.1. The number of halogens is 2. The Balaban J connectivity index is 2.49. The van der Waals surface area contributed by atoms with Gasteiger partial charge in [-0.2, -0.15) is 0 Å². The zero-order chi connectivity index (χ0) is 16.3. The summed E-state index contributed by atoms with van der Waals surface area (Å²) in [7, 11) is -2.57. The fourth-order valence-corrected chi connectivity index (χ4v) is 3.72. The first-order valence-electron chi connectivity index (χ1n) is 6.52. The van der Waals surface area contributed by atoms with Crippen LogP contribution in [-0.4, -0.2) is 22.1 Å². The second-order valence-electron chi connectivity index (χ2n) is 4.45. The molecule has 0 aliphatic rings. The molecule has 0 saturated carbocycles. The Hall–Kier alpha value is -1.79. The molecule has 0 aliphatic heterocycles. The van der Waals surface area contributed by atoms with Crippen LogP contribution in [0.1, 0.15) is 6.92 Å². The maximum absolute atomic E-state index is 13.8. The molecule has 0 N–H and O–H groups in total. The number of methoxy groups -OCH3 is 1. The second-order valence-corrected chi connectivity index (χ2v) is 6.74. The number of hydrogen-bond acceptors (Lipinski definition) is 3. The van der Waals surface area contributed by atoms with Crippen LogP contribution in [0.5, 0.6) is 5.75 Å². The molecule has 0 spiro atoms. The van der Waals surface area contributed by atoms with E-state index in [0.29, 0.717) is 10.7 Å². The number of benzene rings is 2. The number of ether oxygens (including phenoxy) is 1. The predicted octanol–water partition coefficient (Wildman–Crippen LogP) is 3.70. The molecule has 2 aromatic carbocycles. The van der Waals surface area contributed by atoms with Gasteiger partial charge in [0, 0.05) is 11.6 Å². The van der Waals surface area contributed by atoms with Crippen LogP contribution >= 0.6 is 11.6 Å². The highest BCUT2D eigenvalue weighted by Crippen LogP contribution is 2.28. The molecular formula is C15H15ClFNO3S. The van der Waals surface area contributed by atoms with Crippen LogP contribution in [0.2, 0.25) is 5.02 Å². The summed E-state index contributed by atoms with van der Waals surface area (Å²) in [5, 5.41) is 0.423. The largest absolute Gasteiger partial charge is 0.494 e. The van der Waals surface area contributed by atoms with E-state index in [1.54, 1.807) is 31.2 Å². The molecule has 4 nitrogen and oxygen atoms in total. The minimum atomic E-state index is -3.89. The average molecular weight is 344 g/mol. The van der Waals surface area contributed by atoms with Crippen molar-refractivity contribution in [2.24, 2.45) is 0 Å². The molecule has 0 saturated heterocycles. The van der Waals surface area contributed by atoms with Gasteiger partial charge in [0.05, 0.1) is 17.7 Å². The van der Waals surface area contributed by atoms with E-state index in [1.807, 2.05) is 0 Å². The van der Waals surface area contributed by atoms with Gasteiger partial charge in [0.1, 0.15) is 0 Å². The van der Waals surface area contributed by atoms with Crippen LogP contribution in [0, 0.1) is 5.82 Å². The van der Waals surface area contributed by atoms with E-state index in [0.717, 1.165) is 6.07 Å². The SMILES string of the molecule is CCN(c1cccc(Cl)c1)S(=O)(=O)c1ccc(OC)c(F)c1. The minimum absolute atomic E-state index is 0.00949. The topological polar surface area (TPSA) is 46.6 Å². The summed E-state index contributed by atoms with van der Waals surface area (Å²) in [5.74, 6) is -0.740. The van der Waals surface area contributed by atoms with Crippen molar-refractivity contribution in [3.05, 3.63) is 53.3 Å². The van der Waals surface area contributed by atoms with Crippen molar-refractivity contribution in [3.63, 3.8) is 0 Å². The van der Waals surface area contributed by atoms with Gasteiger partial charge in [-0.15, -0.1) is 0 Å². The molecule has 0 radical (unpaired) electrons. The lowest BCUT2D eigenvalue weighted by molar-refractivity contribution is 0.385. The molecule has 2 rings (SSSR count). The third-order valence-corrected chi connectivity index (χ3v) is 5.23. The molecule has 0 atom stereocenters. The Morgan fingerprint density at radius 3 is 2.50 bits per heavy atom. The molecule has 118 valence electrons. The van der Waals surface area contributed by atoms with E-state index in [-0.39, 0.29) is 17.2 Å². The quantitative estimate of drug-likeness (QED) is 0.831. The van der Waals surface area contributed by atoms with Crippen LogP contribution in [0.15, 0.2) is 47.4 Å². The number of hydrogen-bond donors (Lipinski definition) is 0. The van der Waals surface area contributed by atoms with E-state index in [9.17, 15) is 12.8 Å². The molecule has 7 heteroatoms. The fourth-order valence-electron chi connectivity index (χ4n) is 2.06. The molecule has 0 aromatic heterocycles. The molecule has 2 aromatic rings. The highest BCUT2D eigenvalue weighted by molar-refractivity contribution is 7.92. The molecule has 0 bridgehead atoms. The summed E-state index contributed by atoms with van der Waals surface area (Å²) in [6, 6.07) is 10.0. The van der Waals surface area contributed by atoms with Crippen molar-refractivity contribution in [2.45, 2.75) is 11.8 Å². The molecule has 0 unspecified atom stereocenters. The molecular weight excluding hydrogens is 329 g/mol. The normalized spacial score (nSPS) is 11.3. The van der Waals surface area contributed by atoms with Crippen LogP contribution < -0.4 is 9.04 Å². The van der Waals surface area contributed by atoms with Crippen LogP contribution in [0.4, 0.5) is 10.1 Å². The number of anilines is 1. The molecule has 0 heterocycles. The lowest BCUT2D eigenvalue weighted by atomic mass is 10.3. The lowest BCUT2D eigenvalue weighted by Crippen LogP contribution is -2.30. The van der Waals surface area contributed by atoms with E-state index < -0.39 is 15.8 Å². The Kier molecular flexibility index (Phi) is 4.93. The smallest absolute Gasteiger partial charge is 0.264 e. The van der Waals surface area contributed by atoms with Gasteiger partial charge in [0.2, 0.25) is 0 Å². The van der Waals surface area contributed by atoms with Gasteiger partial charge in [-0.25, -0.2) is 12.8 Å². The van der Waals surface area contributed by atoms with Crippen LogP contribution in [-0.2, 0) is 10.0 Å². The van der Waals surface area contributed by atoms with Crippen LogP contribution in [0.25, 0.3) is 0 Å². The van der Waals surface area contributed by atoms with Gasteiger partial charge >= 0.3 is 0 Å². The van der Waals surface area contributed by atoms with Crippen molar-refractivity contribution in [1.29, 1.82) is 0 Å². The average Bonchev–Trinajstić information content (AvgIpc) is 2.47. The van der Waals surface area contributed by atoms with Gasteiger partial charge in [-0.1, -0.05) is 17.7 Å². The first-order valence-corrected chi connectivity index (χ1v) is 8.33. The first-order chi connectivity index (χ1) is 10.4. The van der Waals surface area contributed by atoms with Crippen molar-refractivity contribution in [3.8, 4) is 5.75 Å². The molecule has 0 fully saturated rings. The van der Waals surface area contributed by atoms with Gasteiger partial charge in [0.15, 0.2) is 11.6 Å². The third-order valence-electron chi connectivity index (χ3n) is 3.09. The van der Waals surface area contributed by atoms with Crippen molar-refractivity contribution in [1.82, 2.24) is 0 Å². The predicted molar refractivity (Wildman–Crippen MR) is 84.6 cm³/mol. The standard InChI is InChI=1S/C15H15ClFNO3S/c1-3-18(12-6-4-5-11(16)9-12)22(19,20)13-7-8-15(21-2)14(17)10-13/h4-10H,3H2,1-2H3. The van der Waals surface area contributed by atoms with E-state index in [2.05, 4.69) is 0 Å². The maximum Gasteiger partial charge on any atom is 0.264 e. The van der Waals surface area contributed by atoms with E-state index in [1.165, 1.54) is 23.5 Å². The molecule has 0 amide bonds. The first kappa shape index (κ1) is 16.6. The van der Waals surface area contributed by atoms with Crippen molar-refractivity contribution < 1.29 is 17.5 Å². The highest BCUT2D eigenvalue weighted by Gasteiger charge is 2.25. The Bertz CT molecular complexity index is 780. The van der Waals surface area contributed by atoms with Crippen molar-refractivity contribution in [2.75, 3.05) is 18.0 Å². The summed E-state index contributed by atoms with van der Waals surface area (Å²) < 4.78 is 45.2. The van der Waals surface area contributed by atoms with E-state index >= 15 is 0 Å². The van der Waals surface area contributed by atoms with Gasteiger partial charge in [0.25, 0.3) is 10.0 Å². The second kappa shape index (κ2) is 6.54. The summed E-state index contributed by atoms with van der Waals surface area (Å²) in [6.45, 7) is 1.88. The maximum atomic E-state index is 13.8. The minimum Gasteiger partial charge on any atom is -0.494 e. The summed E-state index contributed by atoms with van der Waals surface area (Å²) in [5.41, 5.74) is 0.422. The monoisotopic (exact) mass is 343 g/mol. The van der Waals surface area contributed by atoms with Crippen molar-refractivity contribution >= 4 is 27.3 Å². The zero-order valence-corrected chi connectivity index (χ0v) is 13.7. The Morgan fingerprint density at radius 2 is 1.95 bits per heavy atom. The fraction of sp³-hybridized carbons (Fsp3) is 0.200. The number of nitrogens with zero attached hydrogens (tertiary/aromatic N) is 1. The van der Waals surface area contributed by atoms with Gasteiger partial charge in [-0.3, -0.25) is 4.31 Å². The summed E-state index contributed by atoms with van der Waals surface area (Å²) in [6.07, 6.45) is 0. The third kappa shape index (κ3) is 3.18. The summed E-state index contributed by atoms with van der Waals surface area (Å²) in [4.78, 5) is -0.146. The summed E-state index contributed by atoms with van der Waals surface area (Å²) >= 11 is 5.91. The Labute approximate surface area is 134 Å². The highest BCUT2D eigenvalue weighted by atomic mass is 35.5. The van der Waals surface area contributed by atoms with Crippen LogP contribution in [0.3, 0.4) is 0 Å². The number of rotatable bonds is 5. The Morgan fingerprint density at radius 1 is 1.23 bits per heavy atom.